The first-order valence-corrected chi connectivity index (χ1v) is 5.58. The van der Waals surface area contributed by atoms with Crippen molar-refractivity contribution in [2.24, 2.45) is 0 Å². The van der Waals surface area contributed by atoms with Crippen molar-refractivity contribution >= 4 is 0 Å². The monoisotopic (exact) mass is 217 g/mol. The average molecular weight is 217 g/mol. The predicted molar refractivity (Wildman–Crippen MR) is 66.0 cm³/mol. The van der Waals surface area contributed by atoms with E-state index in [0.717, 1.165) is 31.6 Å². The number of nitriles is 1. The Kier molecular flexibility index (Phi) is 5.55. The van der Waals surface area contributed by atoms with Crippen LogP contribution >= 0.6 is 0 Å². The molecule has 0 unspecified atom stereocenters. The molecule has 3 nitrogen and oxygen atoms in total. The second kappa shape index (κ2) is 7.00. The molecule has 0 aliphatic rings. The summed E-state index contributed by atoms with van der Waals surface area (Å²) in [4.78, 5) is 2.29. The zero-order valence-electron chi connectivity index (χ0n) is 10.0. The fourth-order valence-electron chi connectivity index (χ4n) is 1.60. The van der Waals surface area contributed by atoms with Crippen molar-refractivity contribution in [3.05, 3.63) is 35.4 Å². The third-order valence-electron chi connectivity index (χ3n) is 2.50. The molecule has 1 aromatic rings. The zero-order chi connectivity index (χ0) is 11.8. The van der Waals surface area contributed by atoms with Gasteiger partial charge < -0.3 is 10.2 Å². The highest BCUT2D eigenvalue weighted by Crippen LogP contribution is 2.06. The van der Waals surface area contributed by atoms with Crippen molar-refractivity contribution in [2.75, 3.05) is 27.2 Å². The summed E-state index contributed by atoms with van der Waals surface area (Å²) in [6.07, 6.45) is 1.16. The lowest BCUT2D eigenvalue weighted by atomic mass is 10.1. The molecule has 1 aromatic carbocycles. The summed E-state index contributed by atoms with van der Waals surface area (Å²) in [5.41, 5.74) is 1.98. The first kappa shape index (κ1) is 12.7. The van der Waals surface area contributed by atoms with Crippen LogP contribution in [0.25, 0.3) is 0 Å². The van der Waals surface area contributed by atoms with Crippen LogP contribution in [0.3, 0.4) is 0 Å². The number of rotatable bonds is 6. The topological polar surface area (TPSA) is 39.1 Å². The summed E-state index contributed by atoms with van der Waals surface area (Å²) in [6.45, 7) is 3.08. The molecule has 0 heterocycles. The van der Waals surface area contributed by atoms with E-state index in [4.69, 9.17) is 5.26 Å². The summed E-state index contributed by atoms with van der Waals surface area (Å²) in [7, 11) is 4.09. The Bertz CT molecular complexity index is 337. The van der Waals surface area contributed by atoms with Crippen LogP contribution < -0.4 is 5.32 Å². The zero-order valence-corrected chi connectivity index (χ0v) is 10.0. The number of hydrogen-bond acceptors (Lipinski definition) is 3. The van der Waals surface area contributed by atoms with E-state index in [9.17, 15) is 0 Å². The predicted octanol–water partition coefficient (Wildman–Crippen LogP) is 1.60. The van der Waals surface area contributed by atoms with Gasteiger partial charge in [-0.2, -0.15) is 5.26 Å². The van der Waals surface area contributed by atoms with Crippen LogP contribution in [0.5, 0.6) is 0 Å². The van der Waals surface area contributed by atoms with Gasteiger partial charge in [0.15, 0.2) is 0 Å². The lowest BCUT2D eigenvalue weighted by molar-refractivity contribution is 0.321. The molecular formula is C13H19N3. The molecule has 0 saturated carbocycles. The normalized spacial score (nSPS) is 10.4. The molecule has 3 heteroatoms. The minimum absolute atomic E-state index is 0.724. The number of nitrogens with zero attached hydrogens (tertiary/aromatic N) is 2. The Hall–Kier alpha value is -1.37. The quantitative estimate of drug-likeness (QED) is 0.736. The molecule has 0 bridgehead atoms. The van der Waals surface area contributed by atoms with Crippen LogP contribution in [-0.4, -0.2) is 32.1 Å². The van der Waals surface area contributed by atoms with Gasteiger partial charge in [0.2, 0.25) is 0 Å². The van der Waals surface area contributed by atoms with Gasteiger partial charge in [-0.1, -0.05) is 12.1 Å². The molecule has 0 radical (unpaired) electrons. The van der Waals surface area contributed by atoms with Gasteiger partial charge in [0, 0.05) is 6.54 Å². The van der Waals surface area contributed by atoms with Crippen LogP contribution in [0.15, 0.2) is 24.3 Å². The fraction of sp³-hybridized carbons (Fsp3) is 0.462. The van der Waals surface area contributed by atoms with Gasteiger partial charge in [-0.3, -0.25) is 0 Å². The van der Waals surface area contributed by atoms with Crippen LogP contribution in [-0.2, 0) is 6.54 Å². The highest BCUT2D eigenvalue weighted by molar-refractivity contribution is 5.31. The largest absolute Gasteiger partial charge is 0.320 e. The molecule has 0 spiro atoms. The highest BCUT2D eigenvalue weighted by Gasteiger charge is 2.00. The van der Waals surface area contributed by atoms with Crippen molar-refractivity contribution in [3.8, 4) is 6.07 Å². The molecule has 0 fully saturated rings. The Labute approximate surface area is 97.7 Å². The summed E-state index contributed by atoms with van der Waals surface area (Å²) < 4.78 is 0. The lowest BCUT2D eigenvalue weighted by Crippen LogP contribution is -2.22. The fourth-order valence-corrected chi connectivity index (χ4v) is 1.60. The van der Waals surface area contributed by atoms with Gasteiger partial charge >= 0.3 is 0 Å². The summed E-state index contributed by atoms with van der Waals surface area (Å²) >= 11 is 0. The van der Waals surface area contributed by atoms with E-state index in [2.05, 4.69) is 23.3 Å². The van der Waals surface area contributed by atoms with Gasteiger partial charge in [-0.05, 0) is 51.3 Å². The van der Waals surface area contributed by atoms with Crippen LogP contribution in [0.1, 0.15) is 17.5 Å². The second-order valence-corrected chi connectivity index (χ2v) is 4.00. The minimum atomic E-state index is 0.724. The minimum Gasteiger partial charge on any atom is -0.320 e. The van der Waals surface area contributed by atoms with E-state index in [1.807, 2.05) is 31.3 Å². The van der Waals surface area contributed by atoms with Gasteiger partial charge in [0.05, 0.1) is 11.6 Å². The van der Waals surface area contributed by atoms with Crippen molar-refractivity contribution in [1.29, 1.82) is 5.26 Å². The third kappa shape index (κ3) is 4.43. The Morgan fingerprint density at radius 1 is 1.31 bits per heavy atom. The molecule has 0 aliphatic carbocycles. The van der Waals surface area contributed by atoms with E-state index in [-0.39, 0.29) is 0 Å². The molecule has 16 heavy (non-hydrogen) atoms. The standard InChI is InChI=1S/C13H19N3/c1-15-8-3-9-16(2)11-13-6-4-12(10-14)5-7-13/h4-7,15H,3,8-9,11H2,1-2H3. The van der Waals surface area contributed by atoms with Crippen LogP contribution in [0, 0.1) is 11.3 Å². The van der Waals surface area contributed by atoms with Crippen LogP contribution in [0.4, 0.5) is 0 Å². The molecular weight excluding hydrogens is 198 g/mol. The van der Waals surface area contributed by atoms with E-state index >= 15 is 0 Å². The molecule has 0 aliphatic heterocycles. The third-order valence-corrected chi connectivity index (χ3v) is 2.50. The Balaban J connectivity index is 2.38. The van der Waals surface area contributed by atoms with E-state index in [1.165, 1.54) is 5.56 Å². The van der Waals surface area contributed by atoms with Gasteiger partial charge in [-0.25, -0.2) is 0 Å². The first-order chi connectivity index (χ1) is 7.76. The molecule has 0 saturated heterocycles. The van der Waals surface area contributed by atoms with Crippen molar-refractivity contribution in [2.45, 2.75) is 13.0 Å². The highest BCUT2D eigenvalue weighted by atomic mass is 15.1. The molecule has 1 rings (SSSR count). The Morgan fingerprint density at radius 2 is 2.00 bits per heavy atom. The smallest absolute Gasteiger partial charge is 0.0991 e. The Morgan fingerprint density at radius 3 is 2.56 bits per heavy atom. The SMILES string of the molecule is CNCCCN(C)Cc1ccc(C#N)cc1. The number of nitrogens with one attached hydrogen (secondary N) is 1. The lowest BCUT2D eigenvalue weighted by Gasteiger charge is -2.16. The average Bonchev–Trinajstić information content (AvgIpc) is 2.30. The summed E-state index contributed by atoms with van der Waals surface area (Å²) in [5, 5.41) is 11.8. The summed E-state index contributed by atoms with van der Waals surface area (Å²) in [5.74, 6) is 0. The maximum Gasteiger partial charge on any atom is 0.0991 e. The van der Waals surface area contributed by atoms with Gasteiger partial charge in [-0.15, -0.1) is 0 Å². The molecule has 0 atom stereocenters. The second-order valence-electron chi connectivity index (χ2n) is 4.00. The van der Waals surface area contributed by atoms with Crippen LogP contribution in [0.2, 0.25) is 0 Å². The van der Waals surface area contributed by atoms with Gasteiger partial charge in [0.25, 0.3) is 0 Å². The van der Waals surface area contributed by atoms with Crippen molar-refractivity contribution in [1.82, 2.24) is 10.2 Å². The van der Waals surface area contributed by atoms with Gasteiger partial charge in [0.1, 0.15) is 0 Å². The molecule has 86 valence electrons. The van der Waals surface area contributed by atoms with Crippen molar-refractivity contribution in [3.63, 3.8) is 0 Å². The molecule has 0 amide bonds. The maximum absolute atomic E-state index is 8.69. The van der Waals surface area contributed by atoms with E-state index < -0.39 is 0 Å². The van der Waals surface area contributed by atoms with E-state index in [0.29, 0.717) is 0 Å². The summed E-state index contributed by atoms with van der Waals surface area (Å²) in [6, 6.07) is 9.91. The first-order valence-electron chi connectivity index (χ1n) is 5.58. The maximum atomic E-state index is 8.69. The van der Waals surface area contributed by atoms with E-state index in [1.54, 1.807) is 0 Å². The molecule has 1 N–H and O–H groups in total. The molecule has 0 aromatic heterocycles. The number of benzene rings is 1. The van der Waals surface area contributed by atoms with Crippen molar-refractivity contribution < 1.29 is 0 Å². The number of hydrogen-bond donors (Lipinski definition) is 1.